The fraction of sp³-hybridized carbons (Fsp3) is 0.222. The Hall–Kier alpha value is -2.34. The van der Waals surface area contributed by atoms with Crippen LogP contribution in [0.2, 0.25) is 0 Å². The molecule has 0 radical (unpaired) electrons. The van der Waals surface area contributed by atoms with Crippen molar-refractivity contribution in [2.24, 2.45) is 0 Å². The molecule has 0 heterocycles. The average molecular weight is 392 g/mol. The molecule has 0 bridgehead atoms. The summed E-state index contributed by atoms with van der Waals surface area (Å²) in [7, 11) is 0. The van der Waals surface area contributed by atoms with Crippen molar-refractivity contribution in [3.05, 3.63) is 58.6 Å². The van der Waals surface area contributed by atoms with E-state index in [0.29, 0.717) is 23.6 Å². The van der Waals surface area contributed by atoms with Crippen molar-refractivity contribution in [3.8, 4) is 5.75 Å². The van der Waals surface area contributed by atoms with E-state index >= 15 is 0 Å². The van der Waals surface area contributed by atoms with E-state index in [-0.39, 0.29) is 6.61 Å². The van der Waals surface area contributed by atoms with Crippen LogP contribution in [0, 0.1) is 0 Å². The van der Waals surface area contributed by atoms with Gasteiger partial charge in [-0.25, -0.2) is 4.79 Å². The van der Waals surface area contributed by atoms with Crippen molar-refractivity contribution in [1.29, 1.82) is 0 Å². The Bertz CT molecular complexity index is 700. The first-order valence-electron chi connectivity index (χ1n) is 7.54. The molecule has 0 atom stereocenters. The molecule has 0 aliphatic carbocycles. The molecule has 1 N–H and O–H groups in total. The Morgan fingerprint density at radius 1 is 1.08 bits per heavy atom. The van der Waals surface area contributed by atoms with E-state index in [0.717, 1.165) is 10.9 Å². The first-order chi connectivity index (χ1) is 11.6. The summed E-state index contributed by atoms with van der Waals surface area (Å²) < 4.78 is 11.2. The highest BCUT2D eigenvalue weighted by Crippen LogP contribution is 2.21. The van der Waals surface area contributed by atoms with Gasteiger partial charge in [0, 0.05) is 4.47 Å². The van der Waals surface area contributed by atoms with E-state index < -0.39 is 11.9 Å². The van der Waals surface area contributed by atoms with E-state index in [9.17, 15) is 9.59 Å². The SMILES string of the molecule is CCCOc1ccc(C(=O)OCC(=O)Nc2ccccc2Br)cc1. The maximum Gasteiger partial charge on any atom is 0.338 e. The largest absolute Gasteiger partial charge is 0.494 e. The summed E-state index contributed by atoms with van der Waals surface area (Å²) >= 11 is 3.33. The summed E-state index contributed by atoms with van der Waals surface area (Å²) in [5.41, 5.74) is 0.989. The lowest BCUT2D eigenvalue weighted by Gasteiger charge is -2.08. The van der Waals surface area contributed by atoms with Gasteiger partial charge in [0.1, 0.15) is 5.75 Å². The number of amides is 1. The average Bonchev–Trinajstić information content (AvgIpc) is 2.60. The molecule has 2 rings (SSSR count). The molecule has 6 heteroatoms. The number of carbonyl (C=O) groups excluding carboxylic acids is 2. The second-order valence-electron chi connectivity index (χ2n) is 4.98. The zero-order valence-corrected chi connectivity index (χ0v) is 14.8. The van der Waals surface area contributed by atoms with Crippen LogP contribution in [0.5, 0.6) is 5.75 Å². The van der Waals surface area contributed by atoms with Crippen molar-refractivity contribution in [2.45, 2.75) is 13.3 Å². The zero-order chi connectivity index (χ0) is 17.4. The summed E-state index contributed by atoms with van der Waals surface area (Å²) in [6.45, 7) is 2.29. The zero-order valence-electron chi connectivity index (χ0n) is 13.3. The fourth-order valence-corrected chi connectivity index (χ4v) is 2.25. The Labute approximate surface area is 149 Å². The molecular formula is C18H18BrNO4. The number of para-hydroxylation sites is 1. The van der Waals surface area contributed by atoms with Crippen molar-refractivity contribution < 1.29 is 19.1 Å². The van der Waals surface area contributed by atoms with Crippen LogP contribution in [-0.2, 0) is 9.53 Å². The molecule has 0 aromatic heterocycles. The second kappa shape index (κ2) is 9.08. The quantitative estimate of drug-likeness (QED) is 0.723. The predicted octanol–water partition coefficient (Wildman–Crippen LogP) is 4.03. The van der Waals surface area contributed by atoms with Crippen LogP contribution in [0.1, 0.15) is 23.7 Å². The monoisotopic (exact) mass is 391 g/mol. The Balaban J connectivity index is 1.84. The van der Waals surface area contributed by atoms with Crippen LogP contribution in [0.15, 0.2) is 53.0 Å². The number of esters is 1. The first-order valence-corrected chi connectivity index (χ1v) is 8.34. The van der Waals surface area contributed by atoms with Crippen molar-refractivity contribution in [2.75, 3.05) is 18.5 Å². The number of hydrogen-bond donors (Lipinski definition) is 1. The number of halogens is 1. The minimum atomic E-state index is -0.556. The summed E-state index contributed by atoms with van der Waals surface area (Å²) in [6.07, 6.45) is 0.913. The lowest BCUT2D eigenvalue weighted by Crippen LogP contribution is -2.21. The van der Waals surface area contributed by atoms with E-state index in [1.54, 1.807) is 36.4 Å². The van der Waals surface area contributed by atoms with Crippen LogP contribution in [0.3, 0.4) is 0 Å². The van der Waals surface area contributed by atoms with Gasteiger partial charge in [-0.1, -0.05) is 19.1 Å². The summed E-state index contributed by atoms with van der Waals surface area (Å²) in [5, 5.41) is 2.67. The van der Waals surface area contributed by atoms with Gasteiger partial charge < -0.3 is 14.8 Å². The van der Waals surface area contributed by atoms with Crippen LogP contribution < -0.4 is 10.1 Å². The summed E-state index contributed by atoms with van der Waals surface area (Å²) in [5.74, 6) is -0.266. The molecule has 0 aliphatic rings. The number of carbonyl (C=O) groups is 2. The molecule has 24 heavy (non-hydrogen) atoms. The van der Waals surface area contributed by atoms with Gasteiger partial charge in [-0.2, -0.15) is 0 Å². The Morgan fingerprint density at radius 2 is 1.79 bits per heavy atom. The fourth-order valence-electron chi connectivity index (χ4n) is 1.87. The topological polar surface area (TPSA) is 64.6 Å². The minimum Gasteiger partial charge on any atom is -0.494 e. The third-order valence-corrected chi connectivity index (χ3v) is 3.74. The minimum absolute atomic E-state index is 0.353. The molecule has 2 aromatic carbocycles. The molecule has 0 fully saturated rings. The summed E-state index contributed by atoms with van der Waals surface area (Å²) in [6, 6.07) is 13.8. The molecule has 2 aromatic rings. The van der Waals surface area contributed by atoms with Crippen LogP contribution in [0.4, 0.5) is 5.69 Å². The van der Waals surface area contributed by atoms with Crippen LogP contribution >= 0.6 is 15.9 Å². The van der Waals surface area contributed by atoms with E-state index in [1.807, 2.05) is 19.1 Å². The number of ether oxygens (including phenoxy) is 2. The van der Waals surface area contributed by atoms with E-state index in [2.05, 4.69) is 21.2 Å². The molecule has 1 amide bonds. The van der Waals surface area contributed by atoms with Crippen molar-refractivity contribution in [1.82, 2.24) is 0 Å². The molecule has 126 valence electrons. The van der Waals surface area contributed by atoms with Crippen LogP contribution in [-0.4, -0.2) is 25.1 Å². The lowest BCUT2D eigenvalue weighted by atomic mass is 10.2. The highest BCUT2D eigenvalue weighted by Gasteiger charge is 2.11. The first kappa shape index (κ1) is 18.0. The molecule has 5 nitrogen and oxygen atoms in total. The normalized spacial score (nSPS) is 10.1. The molecule has 0 spiro atoms. The number of anilines is 1. The van der Waals surface area contributed by atoms with E-state index in [1.165, 1.54) is 0 Å². The number of nitrogens with one attached hydrogen (secondary N) is 1. The van der Waals surface area contributed by atoms with Gasteiger partial charge in [0.25, 0.3) is 5.91 Å². The smallest absolute Gasteiger partial charge is 0.338 e. The molecule has 0 unspecified atom stereocenters. The maximum absolute atomic E-state index is 11.9. The molecular weight excluding hydrogens is 374 g/mol. The van der Waals surface area contributed by atoms with Gasteiger partial charge in [0.2, 0.25) is 0 Å². The van der Waals surface area contributed by atoms with Gasteiger partial charge in [0.05, 0.1) is 17.9 Å². The standard InChI is InChI=1S/C18H18BrNO4/c1-2-11-23-14-9-7-13(8-10-14)18(22)24-12-17(21)20-16-6-4-3-5-15(16)19/h3-10H,2,11-12H2,1H3,(H,20,21). The lowest BCUT2D eigenvalue weighted by molar-refractivity contribution is -0.119. The maximum atomic E-state index is 11.9. The van der Waals surface area contributed by atoms with Gasteiger partial charge in [-0.15, -0.1) is 0 Å². The van der Waals surface area contributed by atoms with Gasteiger partial charge in [-0.3, -0.25) is 4.79 Å². The number of benzene rings is 2. The third-order valence-electron chi connectivity index (χ3n) is 3.05. The summed E-state index contributed by atoms with van der Waals surface area (Å²) in [4.78, 5) is 23.8. The third kappa shape index (κ3) is 5.38. The van der Waals surface area contributed by atoms with Gasteiger partial charge >= 0.3 is 5.97 Å². The number of hydrogen-bond acceptors (Lipinski definition) is 4. The van der Waals surface area contributed by atoms with Crippen LogP contribution in [0.25, 0.3) is 0 Å². The predicted molar refractivity (Wildman–Crippen MR) is 95.3 cm³/mol. The molecule has 0 aliphatic heterocycles. The van der Waals surface area contributed by atoms with E-state index in [4.69, 9.17) is 9.47 Å². The highest BCUT2D eigenvalue weighted by atomic mass is 79.9. The second-order valence-corrected chi connectivity index (χ2v) is 5.83. The Morgan fingerprint density at radius 3 is 2.46 bits per heavy atom. The Kier molecular flexibility index (Phi) is 6.81. The molecule has 0 saturated carbocycles. The van der Waals surface area contributed by atoms with Gasteiger partial charge in [0.15, 0.2) is 6.61 Å². The highest BCUT2D eigenvalue weighted by molar-refractivity contribution is 9.10. The van der Waals surface area contributed by atoms with Gasteiger partial charge in [-0.05, 0) is 58.7 Å². The number of rotatable bonds is 7. The van der Waals surface area contributed by atoms with Crippen molar-refractivity contribution >= 4 is 33.5 Å². The molecule has 0 saturated heterocycles. The van der Waals surface area contributed by atoms with Crippen molar-refractivity contribution in [3.63, 3.8) is 0 Å².